The maximum Gasteiger partial charge on any atom is 0.0322 e. The lowest BCUT2D eigenvalue weighted by atomic mass is 10.0. The molecule has 0 spiro atoms. The molecule has 0 amide bonds. The molecule has 1 N–H and O–H groups in total. The van der Waals surface area contributed by atoms with Gasteiger partial charge in [-0.15, -0.1) is 0 Å². The molecule has 0 bridgehead atoms. The molecular formula is C19H34N2. The van der Waals surface area contributed by atoms with Crippen LogP contribution in [0.15, 0.2) is 30.3 Å². The van der Waals surface area contributed by atoms with Gasteiger partial charge in [-0.2, -0.15) is 0 Å². The molecule has 0 heterocycles. The number of hydrogen-bond donors (Lipinski definition) is 1. The first-order chi connectivity index (χ1) is 10.2. The molecule has 0 saturated heterocycles. The molecule has 0 aliphatic rings. The summed E-state index contributed by atoms with van der Waals surface area (Å²) in [7, 11) is 0. The van der Waals surface area contributed by atoms with Crippen molar-refractivity contribution >= 4 is 0 Å². The summed E-state index contributed by atoms with van der Waals surface area (Å²) in [4.78, 5) is 2.51. The smallest absolute Gasteiger partial charge is 0.0322 e. The maximum atomic E-state index is 3.83. The van der Waals surface area contributed by atoms with Crippen molar-refractivity contribution in [3.05, 3.63) is 35.9 Å². The van der Waals surface area contributed by atoms with Gasteiger partial charge in [0.05, 0.1) is 0 Å². The van der Waals surface area contributed by atoms with Gasteiger partial charge in [-0.25, -0.2) is 0 Å². The minimum absolute atomic E-state index is 0.500. The van der Waals surface area contributed by atoms with Crippen LogP contribution in [-0.2, 0) is 0 Å². The van der Waals surface area contributed by atoms with Crippen molar-refractivity contribution < 1.29 is 0 Å². The molecule has 0 fully saturated rings. The van der Waals surface area contributed by atoms with Gasteiger partial charge in [0.2, 0.25) is 0 Å². The highest BCUT2D eigenvalue weighted by molar-refractivity contribution is 5.18. The van der Waals surface area contributed by atoms with Crippen molar-refractivity contribution in [2.45, 2.75) is 65.5 Å². The lowest BCUT2D eigenvalue weighted by Gasteiger charge is -2.25. The molecule has 1 rings (SSSR count). The van der Waals surface area contributed by atoms with Crippen LogP contribution in [0.25, 0.3) is 0 Å². The minimum Gasteiger partial charge on any atom is -0.307 e. The van der Waals surface area contributed by atoms with Crippen molar-refractivity contribution in [3.8, 4) is 0 Å². The zero-order valence-electron chi connectivity index (χ0n) is 14.4. The lowest BCUT2D eigenvalue weighted by molar-refractivity contribution is 0.287. The molecule has 2 heteroatoms. The predicted octanol–water partition coefficient (Wildman–Crippen LogP) is 4.63. The van der Waals surface area contributed by atoms with Gasteiger partial charge >= 0.3 is 0 Å². The third-order valence-electron chi connectivity index (χ3n) is 4.27. The van der Waals surface area contributed by atoms with Crippen LogP contribution in [0.5, 0.6) is 0 Å². The zero-order valence-corrected chi connectivity index (χ0v) is 14.4. The van der Waals surface area contributed by atoms with Crippen molar-refractivity contribution in [1.82, 2.24) is 10.2 Å². The Morgan fingerprint density at radius 1 is 1.00 bits per heavy atom. The Morgan fingerprint density at radius 2 is 1.67 bits per heavy atom. The average molecular weight is 290 g/mol. The van der Waals surface area contributed by atoms with Gasteiger partial charge in [0, 0.05) is 12.1 Å². The van der Waals surface area contributed by atoms with E-state index in [0.717, 1.165) is 0 Å². The first-order valence-electron chi connectivity index (χ1n) is 8.74. The number of benzene rings is 1. The van der Waals surface area contributed by atoms with Crippen LogP contribution in [0.1, 0.15) is 65.0 Å². The Hall–Kier alpha value is -0.860. The number of nitrogens with zero attached hydrogens (tertiary/aromatic N) is 1. The van der Waals surface area contributed by atoms with E-state index in [9.17, 15) is 0 Å². The second kappa shape index (κ2) is 10.8. The van der Waals surface area contributed by atoms with Crippen LogP contribution in [0, 0.1) is 0 Å². The quantitative estimate of drug-likeness (QED) is 0.639. The van der Waals surface area contributed by atoms with Gasteiger partial charge in [0.15, 0.2) is 0 Å². The van der Waals surface area contributed by atoms with E-state index >= 15 is 0 Å². The Bertz CT molecular complexity index is 346. The van der Waals surface area contributed by atoms with Crippen LogP contribution in [-0.4, -0.2) is 30.6 Å². The molecule has 0 aromatic heterocycles. The van der Waals surface area contributed by atoms with Crippen LogP contribution in [0.3, 0.4) is 0 Å². The maximum absolute atomic E-state index is 3.83. The fourth-order valence-electron chi connectivity index (χ4n) is 2.91. The molecule has 120 valence electrons. The second-order valence-electron chi connectivity index (χ2n) is 5.99. The van der Waals surface area contributed by atoms with Crippen LogP contribution in [0.4, 0.5) is 0 Å². The fraction of sp³-hybridized carbons (Fsp3) is 0.684. The van der Waals surface area contributed by atoms with E-state index in [0.29, 0.717) is 12.1 Å². The molecular weight excluding hydrogens is 256 g/mol. The molecule has 1 aromatic carbocycles. The molecule has 0 saturated carbocycles. The summed E-state index contributed by atoms with van der Waals surface area (Å²) in [5.41, 5.74) is 1.43. The Balaban J connectivity index is 2.40. The lowest BCUT2D eigenvalue weighted by Crippen LogP contribution is -2.32. The van der Waals surface area contributed by atoms with Crippen molar-refractivity contribution in [2.75, 3.05) is 19.6 Å². The highest BCUT2D eigenvalue weighted by Crippen LogP contribution is 2.19. The van der Waals surface area contributed by atoms with E-state index in [2.05, 4.69) is 68.2 Å². The van der Waals surface area contributed by atoms with E-state index in [1.54, 1.807) is 0 Å². The van der Waals surface area contributed by atoms with Crippen LogP contribution in [0.2, 0.25) is 0 Å². The summed E-state index contributed by atoms with van der Waals surface area (Å²) in [6.07, 6.45) is 4.97. The molecule has 0 aliphatic heterocycles. The molecule has 21 heavy (non-hydrogen) atoms. The predicted molar refractivity (Wildman–Crippen MR) is 93.7 cm³/mol. The summed E-state index contributed by atoms with van der Waals surface area (Å²) < 4.78 is 0. The van der Waals surface area contributed by atoms with E-state index in [1.165, 1.54) is 50.9 Å². The zero-order chi connectivity index (χ0) is 15.5. The topological polar surface area (TPSA) is 15.3 Å². The molecule has 2 atom stereocenters. The van der Waals surface area contributed by atoms with Crippen LogP contribution >= 0.6 is 0 Å². The number of nitrogens with one attached hydrogen (secondary N) is 1. The van der Waals surface area contributed by atoms with Gasteiger partial charge in [0.1, 0.15) is 0 Å². The minimum atomic E-state index is 0.500. The Morgan fingerprint density at radius 3 is 2.24 bits per heavy atom. The van der Waals surface area contributed by atoms with Crippen molar-refractivity contribution in [3.63, 3.8) is 0 Å². The van der Waals surface area contributed by atoms with Gasteiger partial charge in [-0.3, -0.25) is 0 Å². The van der Waals surface area contributed by atoms with E-state index in [4.69, 9.17) is 0 Å². The van der Waals surface area contributed by atoms with Gasteiger partial charge < -0.3 is 10.2 Å². The Kier molecular flexibility index (Phi) is 9.36. The first-order valence-corrected chi connectivity index (χ1v) is 8.74. The first kappa shape index (κ1) is 18.2. The SMILES string of the molecule is CCCC(NC(C)CCCN(CC)CC)c1ccccc1. The third kappa shape index (κ3) is 7.10. The molecule has 2 unspecified atom stereocenters. The van der Waals surface area contributed by atoms with Crippen LogP contribution < -0.4 is 5.32 Å². The average Bonchev–Trinajstić information content (AvgIpc) is 2.52. The van der Waals surface area contributed by atoms with Gasteiger partial charge in [0.25, 0.3) is 0 Å². The number of hydrogen-bond acceptors (Lipinski definition) is 2. The molecule has 2 nitrogen and oxygen atoms in total. The normalized spacial score (nSPS) is 14.3. The standard InChI is InChI=1S/C19H34N2/c1-5-12-19(18-14-9-8-10-15-18)20-17(4)13-11-16-21(6-2)7-3/h8-10,14-15,17,19-20H,5-7,11-13,16H2,1-4H3. The van der Waals surface area contributed by atoms with Gasteiger partial charge in [-0.05, 0) is 51.4 Å². The molecule has 0 aliphatic carbocycles. The summed E-state index contributed by atoms with van der Waals surface area (Å²) in [5.74, 6) is 0. The highest BCUT2D eigenvalue weighted by Gasteiger charge is 2.13. The number of rotatable bonds is 11. The second-order valence-corrected chi connectivity index (χ2v) is 5.99. The van der Waals surface area contributed by atoms with Gasteiger partial charge in [-0.1, -0.05) is 57.5 Å². The summed E-state index contributed by atoms with van der Waals surface area (Å²) in [6.45, 7) is 12.6. The Labute approximate surface area is 131 Å². The summed E-state index contributed by atoms with van der Waals surface area (Å²) in [6, 6.07) is 12.0. The van der Waals surface area contributed by atoms with Crippen molar-refractivity contribution in [1.29, 1.82) is 0 Å². The highest BCUT2D eigenvalue weighted by atomic mass is 15.1. The molecule has 1 aromatic rings. The largest absolute Gasteiger partial charge is 0.307 e. The monoisotopic (exact) mass is 290 g/mol. The van der Waals surface area contributed by atoms with E-state index in [-0.39, 0.29) is 0 Å². The summed E-state index contributed by atoms with van der Waals surface area (Å²) in [5, 5.41) is 3.83. The summed E-state index contributed by atoms with van der Waals surface area (Å²) >= 11 is 0. The van der Waals surface area contributed by atoms with Crippen molar-refractivity contribution in [2.24, 2.45) is 0 Å². The van der Waals surface area contributed by atoms with E-state index in [1.807, 2.05) is 0 Å². The fourth-order valence-corrected chi connectivity index (χ4v) is 2.91. The third-order valence-corrected chi connectivity index (χ3v) is 4.27. The van der Waals surface area contributed by atoms with E-state index < -0.39 is 0 Å². The molecule has 0 radical (unpaired) electrons.